The fraction of sp³-hybridized carbons (Fsp3) is 0.556. The molecule has 1 aromatic carbocycles. The number of rotatable bonds is 8. The van der Waals surface area contributed by atoms with Crippen molar-refractivity contribution in [2.45, 2.75) is 53.1 Å². The number of nitrogens with zero attached hydrogens (tertiary/aromatic N) is 1. The molecule has 0 radical (unpaired) electrons. The van der Waals surface area contributed by atoms with Gasteiger partial charge < -0.3 is 10.2 Å². The van der Waals surface area contributed by atoms with E-state index in [4.69, 9.17) is 0 Å². The van der Waals surface area contributed by atoms with Gasteiger partial charge in [0.25, 0.3) is 0 Å². The van der Waals surface area contributed by atoms with E-state index in [1.165, 1.54) is 0 Å². The molecule has 0 spiro atoms. The van der Waals surface area contributed by atoms with E-state index in [2.05, 4.69) is 19.2 Å². The van der Waals surface area contributed by atoms with Gasteiger partial charge in [0.15, 0.2) is 0 Å². The van der Waals surface area contributed by atoms with Gasteiger partial charge in [-0.1, -0.05) is 51.1 Å². The van der Waals surface area contributed by atoms with Crippen molar-refractivity contribution in [2.75, 3.05) is 6.54 Å². The molecule has 0 bridgehead atoms. The molecule has 1 atom stereocenters. The van der Waals surface area contributed by atoms with Gasteiger partial charge in [-0.05, 0) is 24.8 Å². The third-order valence-corrected chi connectivity index (χ3v) is 3.51. The molecule has 0 heterocycles. The molecule has 4 nitrogen and oxygen atoms in total. The first-order valence-electron chi connectivity index (χ1n) is 8.06. The molecule has 0 fully saturated rings. The fourth-order valence-corrected chi connectivity index (χ4v) is 2.17. The van der Waals surface area contributed by atoms with Crippen LogP contribution < -0.4 is 5.32 Å². The summed E-state index contributed by atoms with van der Waals surface area (Å²) in [7, 11) is 0. The minimum atomic E-state index is -0.460. The van der Waals surface area contributed by atoms with Crippen LogP contribution in [0.25, 0.3) is 0 Å². The number of nitrogens with one attached hydrogen (secondary N) is 1. The van der Waals surface area contributed by atoms with Gasteiger partial charge in [0.1, 0.15) is 6.04 Å². The highest BCUT2D eigenvalue weighted by Gasteiger charge is 2.25. The summed E-state index contributed by atoms with van der Waals surface area (Å²) >= 11 is 0. The van der Waals surface area contributed by atoms with Crippen molar-refractivity contribution < 1.29 is 9.59 Å². The molecule has 0 saturated heterocycles. The average Bonchev–Trinajstić information content (AvgIpc) is 2.50. The molecule has 1 rings (SSSR count). The minimum absolute atomic E-state index is 0.0264. The summed E-state index contributed by atoms with van der Waals surface area (Å²) in [6, 6.07) is 9.33. The summed E-state index contributed by atoms with van der Waals surface area (Å²) in [6.45, 7) is 8.97. The van der Waals surface area contributed by atoms with Crippen molar-refractivity contribution in [3.63, 3.8) is 0 Å². The van der Waals surface area contributed by atoms with Crippen LogP contribution >= 0.6 is 0 Å². The molecular formula is C18H28N2O2. The Labute approximate surface area is 133 Å². The summed E-state index contributed by atoms with van der Waals surface area (Å²) in [5.41, 5.74) is 1.04. The van der Waals surface area contributed by atoms with Gasteiger partial charge in [-0.15, -0.1) is 0 Å². The van der Waals surface area contributed by atoms with Gasteiger partial charge in [-0.2, -0.15) is 0 Å². The highest BCUT2D eigenvalue weighted by atomic mass is 16.2. The number of benzene rings is 1. The summed E-state index contributed by atoms with van der Waals surface area (Å²) in [5, 5.41) is 2.91. The quantitative estimate of drug-likeness (QED) is 0.802. The Morgan fingerprint density at radius 2 is 1.77 bits per heavy atom. The van der Waals surface area contributed by atoms with E-state index in [1.807, 2.05) is 37.3 Å². The third kappa shape index (κ3) is 5.88. The van der Waals surface area contributed by atoms with Crippen molar-refractivity contribution in [3.8, 4) is 0 Å². The topological polar surface area (TPSA) is 49.4 Å². The number of hydrogen-bond acceptors (Lipinski definition) is 2. The maximum atomic E-state index is 12.4. The fourth-order valence-electron chi connectivity index (χ4n) is 2.17. The Bertz CT molecular complexity index is 471. The summed E-state index contributed by atoms with van der Waals surface area (Å²) < 4.78 is 0. The van der Waals surface area contributed by atoms with Crippen molar-refractivity contribution in [2.24, 2.45) is 5.92 Å². The second-order valence-corrected chi connectivity index (χ2v) is 6.07. The van der Waals surface area contributed by atoms with Crippen molar-refractivity contribution in [3.05, 3.63) is 35.9 Å². The van der Waals surface area contributed by atoms with Gasteiger partial charge in [-0.25, -0.2) is 0 Å². The Morgan fingerprint density at radius 3 is 2.32 bits per heavy atom. The van der Waals surface area contributed by atoms with Crippen LogP contribution in [-0.4, -0.2) is 29.3 Å². The Kier molecular flexibility index (Phi) is 7.64. The predicted octanol–water partition coefficient (Wildman–Crippen LogP) is 2.98. The van der Waals surface area contributed by atoms with E-state index in [0.29, 0.717) is 25.4 Å². The first-order valence-corrected chi connectivity index (χ1v) is 8.06. The van der Waals surface area contributed by atoms with Gasteiger partial charge in [0.05, 0.1) is 0 Å². The Morgan fingerprint density at radius 1 is 1.14 bits per heavy atom. The number of amides is 2. The number of hydrogen-bond donors (Lipinski definition) is 1. The van der Waals surface area contributed by atoms with Crippen LogP contribution in [0, 0.1) is 5.92 Å². The van der Waals surface area contributed by atoms with E-state index in [0.717, 1.165) is 12.0 Å². The van der Waals surface area contributed by atoms with Crippen molar-refractivity contribution in [1.29, 1.82) is 0 Å². The molecule has 0 aliphatic carbocycles. The maximum Gasteiger partial charge on any atom is 0.242 e. The summed E-state index contributed by atoms with van der Waals surface area (Å²) in [5.74, 6) is 0.331. The van der Waals surface area contributed by atoms with Crippen LogP contribution in [0.15, 0.2) is 30.3 Å². The molecule has 2 amide bonds. The summed E-state index contributed by atoms with van der Waals surface area (Å²) in [4.78, 5) is 26.3. The van der Waals surface area contributed by atoms with Gasteiger partial charge >= 0.3 is 0 Å². The van der Waals surface area contributed by atoms with Crippen LogP contribution in [0.1, 0.15) is 46.1 Å². The Balaban J connectivity index is 2.80. The van der Waals surface area contributed by atoms with Crippen LogP contribution in [0.2, 0.25) is 0 Å². The molecule has 1 aromatic rings. The zero-order chi connectivity index (χ0) is 16.5. The normalized spacial score (nSPS) is 12.0. The minimum Gasteiger partial charge on any atom is -0.354 e. The molecule has 0 saturated carbocycles. The molecule has 122 valence electrons. The van der Waals surface area contributed by atoms with E-state index in [1.54, 1.807) is 11.8 Å². The van der Waals surface area contributed by atoms with Crippen LogP contribution in [0.4, 0.5) is 0 Å². The second-order valence-electron chi connectivity index (χ2n) is 6.07. The lowest BCUT2D eigenvalue weighted by atomic mass is 10.1. The van der Waals surface area contributed by atoms with Crippen LogP contribution in [0.3, 0.4) is 0 Å². The first-order chi connectivity index (χ1) is 10.5. The molecule has 0 aliphatic heterocycles. The van der Waals surface area contributed by atoms with Crippen LogP contribution in [0.5, 0.6) is 0 Å². The molecule has 1 N–H and O–H groups in total. The highest BCUT2D eigenvalue weighted by Crippen LogP contribution is 2.11. The monoisotopic (exact) mass is 304 g/mol. The number of carbonyl (C=O) groups is 2. The van der Waals surface area contributed by atoms with Gasteiger partial charge in [0.2, 0.25) is 11.8 Å². The highest BCUT2D eigenvalue weighted by molar-refractivity contribution is 5.87. The van der Waals surface area contributed by atoms with Gasteiger partial charge in [0, 0.05) is 19.5 Å². The Hall–Kier alpha value is -1.84. The average molecular weight is 304 g/mol. The predicted molar refractivity (Wildman–Crippen MR) is 89.2 cm³/mol. The van der Waals surface area contributed by atoms with E-state index in [-0.39, 0.29) is 11.8 Å². The molecule has 0 unspecified atom stereocenters. The molecule has 4 heteroatoms. The van der Waals surface area contributed by atoms with E-state index < -0.39 is 6.04 Å². The lowest BCUT2D eigenvalue weighted by Crippen LogP contribution is -2.48. The third-order valence-electron chi connectivity index (χ3n) is 3.51. The van der Waals surface area contributed by atoms with Gasteiger partial charge in [-0.3, -0.25) is 9.59 Å². The first kappa shape index (κ1) is 18.2. The van der Waals surface area contributed by atoms with E-state index >= 15 is 0 Å². The van der Waals surface area contributed by atoms with Crippen LogP contribution in [-0.2, 0) is 16.1 Å². The lowest BCUT2D eigenvalue weighted by molar-refractivity contribution is -0.140. The molecule has 22 heavy (non-hydrogen) atoms. The molecular weight excluding hydrogens is 276 g/mol. The largest absolute Gasteiger partial charge is 0.354 e. The van der Waals surface area contributed by atoms with Crippen molar-refractivity contribution in [1.82, 2.24) is 10.2 Å². The summed E-state index contributed by atoms with van der Waals surface area (Å²) in [6.07, 6.45) is 1.25. The SMILES string of the molecule is CCCC(=O)N(Cc1ccccc1)[C@@H](C)C(=O)NCC(C)C. The molecule has 0 aliphatic rings. The maximum absolute atomic E-state index is 12.4. The lowest BCUT2D eigenvalue weighted by Gasteiger charge is -2.29. The zero-order valence-electron chi connectivity index (χ0n) is 14.1. The second kappa shape index (κ2) is 9.23. The zero-order valence-corrected chi connectivity index (χ0v) is 14.1. The van der Waals surface area contributed by atoms with E-state index in [9.17, 15) is 9.59 Å². The standard InChI is InChI=1S/C18H28N2O2/c1-5-9-17(21)20(13-16-10-7-6-8-11-16)15(4)18(22)19-12-14(2)3/h6-8,10-11,14-15H,5,9,12-13H2,1-4H3,(H,19,22)/t15-/m0/s1. The number of carbonyl (C=O) groups excluding carboxylic acids is 2. The molecule has 0 aromatic heterocycles. The van der Waals surface area contributed by atoms with Crippen molar-refractivity contribution >= 4 is 11.8 Å². The smallest absolute Gasteiger partial charge is 0.242 e.